The number of nitrogens with zero attached hydrogens (tertiary/aromatic N) is 1. The van der Waals surface area contributed by atoms with Gasteiger partial charge in [0.25, 0.3) is 11.7 Å². The van der Waals surface area contributed by atoms with Crippen molar-refractivity contribution in [1.29, 1.82) is 0 Å². The summed E-state index contributed by atoms with van der Waals surface area (Å²) in [6.07, 6.45) is 1.42. The van der Waals surface area contributed by atoms with Crippen LogP contribution >= 0.6 is 11.6 Å². The molecular formula is C24H26ClNO5. The largest absolute Gasteiger partial charge is 0.507 e. The van der Waals surface area contributed by atoms with Crippen molar-refractivity contribution in [3.8, 4) is 5.75 Å². The van der Waals surface area contributed by atoms with Crippen LogP contribution in [0, 0.1) is 0 Å². The van der Waals surface area contributed by atoms with Crippen molar-refractivity contribution in [2.24, 2.45) is 0 Å². The molecule has 0 aromatic heterocycles. The molecule has 1 heterocycles. The molecule has 1 aliphatic heterocycles. The number of hydrogen-bond donors (Lipinski definition) is 1. The molecular weight excluding hydrogens is 418 g/mol. The lowest BCUT2D eigenvalue weighted by Gasteiger charge is -2.25. The first-order valence-corrected chi connectivity index (χ1v) is 10.6. The molecule has 1 N–H and O–H groups in total. The molecule has 0 bridgehead atoms. The van der Waals surface area contributed by atoms with E-state index in [1.54, 1.807) is 31.4 Å². The van der Waals surface area contributed by atoms with Crippen LogP contribution in [0.3, 0.4) is 0 Å². The summed E-state index contributed by atoms with van der Waals surface area (Å²) in [7, 11) is 1.58. The number of hydrogen-bond acceptors (Lipinski definition) is 5. The summed E-state index contributed by atoms with van der Waals surface area (Å²) in [6.45, 7) is 3.34. The number of ketones is 1. The second-order valence-corrected chi connectivity index (χ2v) is 7.70. The maximum atomic E-state index is 13.0. The Morgan fingerprint density at radius 1 is 1.13 bits per heavy atom. The molecule has 1 fully saturated rings. The van der Waals surface area contributed by atoms with Crippen molar-refractivity contribution < 1.29 is 24.2 Å². The first kappa shape index (κ1) is 22.8. The van der Waals surface area contributed by atoms with Gasteiger partial charge in [-0.1, -0.05) is 30.7 Å². The van der Waals surface area contributed by atoms with Crippen molar-refractivity contribution in [3.63, 3.8) is 0 Å². The van der Waals surface area contributed by atoms with E-state index in [1.165, 1.54) is 4.90 Å². The summed E-state index contributed by atoms with van der Waals surface area (Å²) in [4.78, 5) is 27.3. The van der Waals surface area contributed by atoms with Gasteiger partial charge in [0.15, 0.2) is 0 Å². The average molecular weight is 444 g/mol. The lowest BCUT2D eigenvalue weighted by Crippen LogP contribution is -2.31. The number of halogens is 1. The predicted octanol–water partition coefficient (Wildman–Crippen LogP) is 4.59. The molecule has 0 spiro atoms. The smallest absolute Gasteiger partial charge is 0.295 e. The number of likely N-dealkylation sites (tertiary alicyclic amines) is 1. The summed E-state index contributed by atoms with van der Waals surface area (Å²) in [6, 6.07) is 13.0. The predicted molar refractivity (Wildman–Crippen MR) is 119 cm³/mol. The third-order valence-corrected chi connectivity index (χ3v) is 5.30. The van der Waals surface area contributed by atoms with E-state index in [0.29, 0.717) is 48.1 Å². The van der Waals surface area contributed by atoms with E-state index in [-0.39, 0.29) is 11.3 Å². The fourth-order valence-corrected chi connectivity index (χ4v) is 3.72. The van der Waals surface area contributed by atoms with Crippen molar-refractivity contribution >= 4 is 29.1 Å². The lowest BCUT2D eigenvalue weighted by atomic mass is 9.95. The molecule has 2 aromatic rings. The quantitative estimate of drug-likeness (QED) is 0.265. The molecule has 3 rings (SSSR count). The Hall–Kier alpha value is -2.83. The maximum absolute atomic E-state index is 13.0. The van der Waals surface area contributed by atoms with Crippen LogP contribution in [-0.2, 0) is 14.3 Å². The number of benzene rings is 2. The summed E-state index contributed by atoms with van der Waals surface area (Å²) in [5, 5.41) is 11.5. The summed E-state index contributed by atoms with van der Waals surface area (Å²) in [5.41, 5.74) is 1.17. The molecule has 2 aromatic carbocycles. The Morgan fingerprint density at radius 3 is 2.55 bits per heavy atom. The molecule has 1 saturated heterocycles. The molecule has 1 aliphatic rings. The Balaban J connectivity index is 2.09. The molecule has 6 nitrogen and oxygen atoms in total. The fraction of sp³-hybridized carbons (Fsp3) is 0.333. The molecule has 0 aliphatic carbocycles. The fourth-order valence-electron chi connectivity index (χ4n) is 3.59. The van der Waals surface area contributed by atoms with E-state index in [4.69, 9.17) is 21.1 Å². The van der Waals surface area contributed by atoms with Gasteiger partial charge in [-0.05, 0) is 54.8 Å². The van der Waals surface area contributed by atoms with E-state index >= 15 is 0 Å². The first-order valence-electron chi connectivity index (χ1n) is 10.2. The maximum Gasteiger partial charge on any atom is 0.295 e. The van der Waals surface area contributed by atoms with E-state index in [1.807, 2.05) is 31.2 Å². The van der Waals surface area contributed by atoms with Crippen molar-refractivity contribution in [3.05, 3.63) is 70.3 Å². The van der Waals surface area contributed by atoms with Gasteiger partial charge in [-0.2, -0.15) is 0 Å². The lowest BCUT2D eigenvalue weighted by molar-refractivity contribution is -0.140. The number of aliphatic hydroxyl groups excluding tert-OH is 1. The van der Waals surface area contributed by atoms with Crippen LogP contribution in [0.2, 0.25) is 5.02 Å². The number of aliphatic hydroxyl groups is 1. The van der Waals surface area contributed by atoms with Crippen molar-refractivity contribution in [1.82, 2.24) is 4.90 Å². The molecule has 164 valence electrons. The number of amides is 1. The zero-order chi connectivity index (χ0) is 22.4. The van der Waals surface area contributed by atoms with Crippen LogP contribution < -0.4 is 4.74 Å². The Morgan fingerprint density at radius 2 is 1.87 bits per heavy atom. The zero-order valence-corrected chi connectivity index (χ0v) is 18.4. The van der Waals surface area contributed by atoms with Gasteiger partial charge in [0, 0.05) is 30.8 Å². The molecule has 1 unspecified atom stereocenters. The van der Waals surface area contributed by atoms with Gasteiger partial charge < -0.3 is 19.5 Å². The normalized spacial score (nSPS) is 17.9. The van der Waals surface area contributed by atoms with Gasteiger partial charge in [0.05, 0.1) is 18.2 Å². The third-order valence-electron chi connectivity index (χ3n) is 5.05. The van der Waals surface area contributed by atoms with Crippen LogP contribution in [0.25, 0.3) is 5.76 Å². The Labute approximate surface area is 187 Å². The number of carbonyl (C=O) groups excluding carboxylic acids is 2. The SMILES string of the molecule is CCCOc1cccc(C2/C(=C(/O)c3ccc(Cl)cc3)C(=O)C(=O)N2CCCOC)c1. The first-order chi connectivity index (χ1) is 15.0. The summed E-state index contributed by atoms with van der Waals surface area (Å²) < 4.78 is 10.8. The van der Waals surface area contributed by atoms with Gasteiger partial charge >= 0.3 is 0 Å². The van der Waals surface area contributed by atoms with E-state index in [2.05, 4.69) is 0 Å². The topological polar surface area (TPSA) is 76.1 Å². The highest BCUT2D eigenvalue weighted by Crippen LogP contribution is 2.40. The van der Waals surface area contributed by atoms with Crippen LogP contribution in [0.1, 0.15) is 36.9 Å². The van der Waals surface area contributed by atoms with E-state index in [0.717, 1.165) is 6.42 Å². The Bertz CT molecular complexity index is 970. The molecule has 7 heteroatoms. The molecule has 1 atom stereocenters. The third kappa shape index (κ3) is 5.09. The van der Waals surface area contributed by atoms with Crippen LogP contribution in [0.5, 0.6) is 5.75 Å². The highest BCUT2D eigenvalue weighted by atomic mass is 35.5. The summed E-state index contributed by atoms with van der Waals surface area (Å²) >= 11 is 5.95. The second kappa shape index (κ2) is 10.5. The minimum Gasteiger partial charge on any atom is -0.507 e. The highest BCUT2D eigenvalue weighted by molar-refractivity contribution is 6.46. The summed E-state index contributed by atoms with van der Waals surface area (Å²) in [5.74, 6) is -0.936. The number of methoxy groups -OCH3 is 1. The zero-order valence-electron chi connectivity index (χ0n) is 17.6. The molecule has 31 heavy (non-hydrogen) atoms. The number of Topliss-reactive ketones (excluding diaryl/α,β-unsaturated/α-hetero) is 1. The second-order valence-electron chi connectivity index (χ2n) is 7.27. The average Bonchev–Trinajstić information content (AvgIpc) is 3.03. The van der Waals surface area contributed by atoms with E-state index < -0.39 is 17.7 Å². The van der Waals surface area contributed by atoms with Crippen LogP contribution in [-0.4, -0.2) is 48.6 Å². The minimum absolute atomic E-state index is 0.0531. The van der Waals surface area contributed by atoms with Gasteiger partial charge in [-0.15, -0.1) is 0 Å². The van der Waals surface area contributed by atoms with Crippen LogP contribution in [0.4, 0.5) is 0 Å². The monoisotopic (exact) mass is 443 g/mol. The Kier molecular flexibility index (Phi) is 7.71. The number of ether oxygens (including phenoxy) is 2. The van der Waals surface area contributed by atoms with Gasteiger partial charge in [-0.25, -0.2) is 0 Å². The van der Waals surface area contributed by atoms with Gasteiger partial charge in [-0.3, -0.25) is 9.59 Å². The van der Waals surface area contributed by atoms with Crippen molar-refractivity contribution in [2.75, 3.05) is 26.9 Å². The molecule has 0 saturated carbocycles. The van der Waals surface area contributed by atoms with Gasteiger partial charge in [0.2, 0.25) is 0 Å². The van der Waals surface area contributed by atoms with Gasteiger partial charge in [0.1, 0.15) is 11.5 Å². The number of rotatable bonds is 9. The minimum atomic E-state index is -0.724. The molecule has 1 amide bonds. The number of carbonyl (C=O) groups is 2. The standard InChI is InChI=1S/C24H26ClNO5/c1-3-13-31-19-7-4-6-17(15-19)21-20(22(27)16-8-10-18(25)11-9-16)23(28)24(29)26(21)12-5-14-30-2/h4,6-11,15,21,27H,3,5,12-14H2,1-2H3/b22-20-. The van der Waals surface area contributed by atoms with E-state index in [9.17, 15) is 14.7 Å². The highest BCUT2D eigenvalue weighted by Gasteiger charge is 2.45. The van der Waals surface area contributed by atoms with Crippen molar-refractivity contribution in [2.45, 2.75) is 25.8 Å². The van der Waals surface area contributed by atoms with Crippen LogP contribution in [0.15, 0.2) is 54.1 Å². The molecule has 0 radical (unpaired) electrons.